The Balaban J connectivity index is 1.99. The van der Waals surface area contributed by atoms with E-state index in [9.17, 15) is 8.42 Å². The van der Waals surface area contributed by atoms with E-state index in [0.717, 1.165) is 37.5 Å². The van der Waals surface area contributed by atoms with E-state index in [1.54, 1.807) is 6.92 Å². The molecule has 0 N–H and O–H groups in total. The summed E-state index contributed by atoms with van der Waals surface area (Å²) in [6.07, 6.45) is 15.5. The van der Waals surface area contributed by atoms with Gasteiger partial charge in [0.15, 0.2) is 0 Å². The molecule has 0 heterocycles. The Bertz CT molecular complexity index is 652. The van der Waals surface area contributed by atoms with E-state index in [1.165, 1.54) is 9.81 Å². The van der Waals surface area contributed by atoms with Crippen molar-refractivity contribution < 1.29 is 12.7 Å². The zero-order valence-corrected chi connectivity index (χ0v) is 13.8. The molecule has 0 aromatic heterocycles. The van der Waals surface area contributed by atoms with Gasteiger partial charge in [0.2, 0.25) is 0 Å². The molecule has 2 aliphatic rings. The van der Waals surface area contributed by atoms with Gasteiger partial charge in [-0.2, -0.15) is 8.42 Å². The third-order valence-corrected chi connectivity index (χ3v) is 4.67. The molecule has 0 bridgehead atoms. The highest BCUT2D eigenvalue weighted by molar-refractivity contribution is 8.06. The van der Waals surface area contributed by atoms with Crippen molar-refractivity contribution in [2.75, 3.05) is 6.26 Å². The third-order valence-electron chi connectivity index (χ3n) is 3.12. The van der Waals surface area contributed by atoms with Gasteiger partial charge in [0, 0.05) is 0 Å². The predicted molar refractivity (Wildman–Crippen MR) is 88.5 cm³/mol. The van der Waals surface area contributed by atoms with Crippen LogP contribution in [0.5, 0.6) is 0 Å². The Hall–Kier alpha value is -1.27. The highest BCUT2D eigenvalue weighted by Crippen LogP contribution is 2.36. The number of rotatable bonds is 5. The lowest BCUT2D eigenvalue weighted by atomic mass is 10.0. The van der Waals surface area contributed by atoms with E-state index in [2.05, 4.69) is 33.7 Å². The molecule has 0 spiro atoms. The van der Waals surface area contributed by atoms with Gasteiger partial charge in [-0.1, -0.05) is 47.3 Å². The topological polar surface area (TPSA) is 55.7 Å². The van der Waals surface area contributed by atoms with Gasteiger partial charge < -0.3 is 0 Å². The minimum atomic E-state index is -3.54. The maximum atomic E-state index is 10.9. The molecule has 2 rings (SSSR count). The molecular weight excluding hydrogens is 306 g/mol. The van der Waals surface area contributed by atoms with Gasteiger partial charge in [0.05, 0.1) is 12.0 Å². The number of nitrogens with zero attached hydrogens (tertiary/aromatic N) is 1. The number of hydrogen-bond acceptors (Lipinski definition) is 5. The number of hydrogen-bond donors (Lipinski definition) is 0. The first-order valence-corrected chi connectivity index (χ1v) is 9.44. The Morgan fingerprint density at radius 1 is 1.19 bits per heavy atom. The van der Waals surface area contributed by atoms with Gasteiger partial charge >= 0.3 is 10.1 Å². The van der Waals surface area contributed by atoms with Crippen LogP contribution < -0.4 is 0 Å². The van der Waals surface area contributed by atoms with E-state index < -0.39 is 10.1 Å². The molecule has 114 valence electrons. The van der Waals surface area contributed by atoms with Crippen LogP contribution in [-0.4, -0.2) is 20.4 Å². The van der Waals surface area contributed by atoms with Crippen molar-refractivity contribution in [1.82, 2.24) is 0 Å². The normalized spacial score (nSPS) is 19.7. The summed E-state index contributed by atoms with van der Waals surface area (Å²) in [5.74, 6) is 0. The van der Waals surface area contributed by atoms with Crippen molar-refractivity contribution >= 4 is 27.6 Å². The van der Waals surface area contributed by atoms with Gasteiger partial charge in [0.1, 0.15) is 0 Å². The zero-order valence-electron chi connectivity index (χ0n) is 12.2. The van der Waals surface area contributed by atoms with E-state index in [1.807, 2.05) is 17.8 Å². The van der Waals surface area contributed by atoms with Crippen molar-refractivity contribution in [1.29, 1.82) is 0 Å². The largest absolute Gasteiger partial charge is 0.325 e. The minimum absolute atomic E-state index is 0.612. The molecule has 0 aromatic carbocycles. The fraction of sp³-hybridized carbons (Fsp3) is 0.400. The first-order chi connectivity index (χ1) is 9.94. The molecule has 0 amide bonds. The maximum Gasteiger partial charge on any atom is 0.325 e. The van der Waals surface area contributed by atoms with Gasteiger partial charge in [-0.15, -0.1) is 0 Å². The molecule has 0 aromatic rings. The Labute approximate surface area is 130 Å². The summed E-state index contributed by atoms with van der Waals surface area (Å²) < 4.78 is 26.3. The Morgan fingerprint density at radius 3 is 2.52 bits per heavy atom. The SMILES string of the molecule is CC(=NOS(C)(=O)=O)C1=CC=C(SC2=CC=CCC2)CC1. The molecular formula is C15H19NO3S2. The molecule has 0 saturated heterocycles. The molecule has 0 atom stereocenters. The highest BCUT2D eigenvalue weighted by atomic mass is 32.2. The summed E-state index contributed by atoms with van der Waals surface area (Å²) in [6.45, 7) is 1.76. The second-order valence-electron chi connectivity index (χ2n) is 4.98. The molecule has 6 heteroatoms. The molecule has 0 radical (unpaired) electrons. The fourth-order valence-electron chi connectivity index (χ4n) is 2.02. The van der Waals surface area contributed by atoms with Crippen LogP contribution in [0.3, 0.4) is 0 Å². The second-order valence-corrected chi connectivity index (χ2v) is 7.79. The van der Waals surface area contributed by atoms with Crippen molar-refractivity contribution in [3.05, 3.63) is 45.8 Å². The van der Waals surface area contributed by atoms with Crippen LogP contribution in [0.4, 0.5) is 0 Å². The van der Waals surface area contributed by atoms with E-state index in [0.29, 0.717) is 5.71 Å². The monoisotopic (exact) mass is 325 g/mol. The predicted octanol–water partition coefficient (Wildman–Crippen LogP) is 3.91. The third kappa shape index (κ3) is 5.55. The summed E-state index contributed by atoms with van der Waals surface area (Å²) in [5.41, 5.74) is 1.63. The van der Waals surface area contributed by atoms with Crippen molar-refractivity contribution in [2.45, 2.75) is 32.6 Å². The zero-order chi connectivity index (χ0) is 15.3. The molecule has 4 nitrogen and oxygen atoms in total. The minimum Gasteiger partial charge on any atom is -0.268 e. The van der Waals surface area contributed by atoms with Crippen LogP contribution in [0.1, 0.15) is 32.6 Å². The lowest BCUT2D eigenvalue weighted by molar-refractivity contribution is 0.343. The molecule has 0 unspecified atom stereocenters. The van der Waals surface area contributed by atoms with Gasteiger partial charge in [0.25, 0.3) is 0 Å². The molecule has 2 aliphatic carbocycles. The van der Waals surface area contributed by atoms with Crippen LogP contribution in [0.25, 0.3) is 0 Å². The van der Waals surface area contributed by atoms with Crippen LogP contribution in [-0.2, 0) is 14.4 Å². The van der Waals surface area contributed by atoms with Crippen LogP contribution >= 0.6 is 11.8 Å². The average Bonchev–Trinajstić information content (AvgIpc) is 2.46. The standard InChI is InChI=1S/C15H19NO3S2/c1-12(16-19-21(2,17)18)13-8-10-15(11-9-13)20-14-6-4-3-5-7-14/h3-4,6,8,10H,5,7,9,11H2,1-2H3. The first kappa shape index (κ1) is 16.1. The Morgan fingerprint density at radius 2 is 1.95 bits per heavy atom. The highest BCUT2D eigenvalue weighted by Gasteiger charge is 2.12. The van der Waals surface area contributed by atoms with Crippen LogP contribution in [0.2, 0.25) is 0 Å². The summed E-state index contributed by atoms with van der Waals surface area (Å²) in [5, 5.41) is 3.66. The van der Waals surface area contributed by atoms with Crippen molar-refractivity contribution in [3.63, 3.8) is 0 Å². The molecule has 0 aliphatic heterocycles. The Kier molecular flexibility index (Phi) is 5.47. The van der Waals surface area contributed by atoms with Crippen LogP contribution in [0.15, 0.2) is 50.9 Å². The number of allylic oxidation sites excluding steroid dienone is 8. The fourth-order valence-corrected chi connectivity index (χ4v) is 3.31. The quantitative estimate of drug-likeness (QED) is 0.568. The summed E-state index contributed by atoms with van der Waals surface area (Å²) in [6, 6.07) is 0. The van der Waals surface area contributed by atoms with E-state index >= 15 is 0 Å². The second kappa shape index (κ2) is 7.13. The first-order valence-electron chi connectivity index (χ1n) is 6.81. The lowest BCUT2D eigenvalue weighted by Crippen LogP contribution is -2.05. The smallest absolute Gasteiger partial charge is 0.268 e. The van der Waals surface area contributed by atoms with Crippen molar-refractivity contribution in [3.8, 4) is 0 Å². The number of oxime groups is 1. The summed E-state index contributed by atoms with van der Waals surface area (Å²) in [4.78, 5) is 2.73. The summed E-state index contributed by atoms with van der Waals surface area (Å²) >= 11 is 1.83. The van der Waals surface area contributed by atoms with E-state index in [-0.39, 0.29) is 0 Å². The van der Waals surface area contributed by atoms with Gasteiger partial charge in [-0.3, -0.25) is 4.28 Å². The molecule has 21 heavy (non-hydrogen) atoms. The molecule has 0 saturated carbocycles. The number of thioether (sulfide) groups is 1. The maximum absolute atomic E-state index is 10.9. The van der Waals surface area contributed by atoms with Crippen molar-refractivity contribution in [2.24, 2.45) is 5.16 Å². The van der Waals surface area contributed by atoms with Gasteiger partial charge in [-0.05, 0) is 48.0 Å². The van der Waals surface area contributed by atoms with Gasteiger partial charge in [-0.25, -0.2) is 0 Å². The van der Waals surface area contributed by atoms with Crippen LogP contribution in [0, 0.1) is 0 Å². The molecule has 0 fully saturated rings. The summed E-state index contributed by atoms with van der Waals surface area (Å²) in [7, 11) is -3.54. The lowest BCUT2D eigenvalue weighted by Gasteiger charge is -2.16. The average molecular weight is 325 g/mol. The van der Waals surface area contributed by atoms with E-state index in [4.69, 9.17) is 0 Å².